The van der Waals surface area contributed by atoms with Crippen LogP contribution in [0.5, 0.6) is 5.75 Å². The van der Waals surface area contributed by atoms with Gasteiger partial charge in [0.1, 0.15) is 17.9 Å². The molecule has 1 aromatic carbocycles. The van der Waals surface area contributed by atoms with Crippen LogP contribution in [-0.4, -0.2) is 41.6 Å². The predicted molar refractivity (Wildman–Crippen MR) is 150 cm³/mol. The normalized spacial score (nSPS) is 19.1. The Labute approximate surface area is 226 Å². The standard InChI is InChI=1S/C29H45F3NO4P/c1-9-10-11-12-13-18-35-25-15-14-23(19-24(25)29(30,31)32)16-17-28(20-36-22(2)33-28)21-37-38(34,26(3,4)5)27(6,7)8/h14-17,19H,9-13,18,20-21H2,1-8H3/b17-16+. The van der Waals surface area contributed by atoms with Gasteiger partial charge in [0.25, 0.3) is 0 Å². The molecule has 0 saturated heterocycles. The van der Waals surface area contributed by atoms with Crippen LogP contribution in [-0.2, 0) is 20.0 Å². The minimum atomic E-state index is -4.56. The maximum absolute atomic E-state index is 14.0. The molecule has 1 aliphatic heterocycles. The number of unbranched alkanes of at least 4 members (excludes halogenated alkanes) is 4. The van der Waals surface area contributed by atoms with Crippen molar-refractivity contribution < 1.29 is 31.7 Å². The van der Waals surface area contributed by atoms with Crippen molar-refractivity contribution in [2.75, 3.05) is 19.8 Å². The number of halogens is 3. The van der Waals surface area contributed by atoms with Gasteiger partial charge in [0, 0.05) is 17.2 Å². The molecule has 0 amide bonds. The Morgan fingerprint density at radius 1 is 1.05 bits per heavy atom. The van der Waals surface area contributed by atoms with E-state index in [4.69, 9.17) is 14.0 Å². The second kappa shape index (κ2) is 12.6. The third kappa shape index (κ3) is 8.35. The fourth-order valence-electron chi connectivity index (χ4n) is 4.55. The zero-order valence-corrected chi connectivity index (χ0v) is 25.1. The molecule has 5 nitrogen and oxygen atoms in total. The van der Waals surface area contributed by atoms with Crippen molar-refractivity contribution in [1.29, 1.82) is 0 Å². The van der Waals surface area contributed by atoms with Crippen molar-refractivity contribution in [2.45, 2.75) is 110 Å². The average molecular weight is 560 g/mol. The molecule has 1 aliphatic rings. The molecule has 1 aromatic rings. The van der Waals surface area contributed by atoms with Crippen molar-refractivity contribution >= 4 is 19.3 Å². The summed E-state index contributed by atoms with van der Waals surface area (Å²) in [5.74, 6) is 0.274. The highest BCUT2D eigenvalue weighted by Gasteiger charge is 2.49. The van der Waals surface area contributed by atoms with Crippen LogP contribution < -0.4 is 4.74 Å². The summed E-state index contributed by atoms with van der Waals surface area (Å²) in [6.07, 6.45) is 3.62. The molecule has 38 heavy (non-hydrogen) atoms. The van der Waals surface area contributed by atoms with Gasteiger partial charge in [-0.25, -0.2) is 4.99 Å². The molecule has 0 bridgehead atoms. The van der Waals surface area contributed by atoms with Gasteiger partial charge in [0.2, 0.25) is 7.37 Å². The highest BCUT2D eigenvalue weighted by atomic mass is 31.2. The van der Waals surface area contributed by atoms with E-state index in [2.05, 4.69) is 11.9 Å². The number of hydrogen-bond donors (Lipinski definition) is 0. The Morgan fingerprint density at radius 2 is 1.68 bits per heavy atom. The van der Waals surface area contributed by atoms with Crippen molar-refractivity contribution in [3.05, 3.63) is 35.4 Å². The molecule has 2 rings (SSSR count). The van der Waals surface area contributed by atoms with Crippen molar-refractivity contribution in [1.82, 2.24) is 0 Å². The van der Waals surface area contributed by atoms with E-state index >= 15 is 0 Å². The van der Waals surface area contributed by atoms with Gasteiger partial charge in [-0.1, -0.05) is 92.4 Å². The molecule has 216 valence electrons. The first-order valence-electron chi connectivity index (χ1n) is 13.4. The number of benzene rings is 1. The van der Waals surface area contributed by atoms with E-state index in [0.29, 0.717) is 17.9 Å². The predicted octanol–water partition coefficient (Wildman–Crippen LogP) is 9.15. The Bertz CT molecular complexity index is 1020. The van der Waals surface area contributed by atoms with Gasteiger partial charge in [-0.15, -0.1) is 0 Å². The van der Waals surface area contributed by atoms with Crippen LogP contribution in [0.2, 0.25) is 0 Å². The largest absolute Gasteiger partial charge is 0.493 e. The second-order valence-electron chi connectivity index (χ2n) is 12.0. The highest BCUT2D eigenvalue weighted by Crippen LogP contribution is 2.67. The Hall–Kier alpha value is -1.79. The molecule has 0 spiro atoms. The molecule has 1 atom stereocenters. The Balaban J connectivity index is 2.28. The van der Waals surface area contributed by atoms with E-state index in [-0.39, 0.29) is 25.6 Å². The lowest BCUT2D eigenvalue weighted by Gasteiger charge is -2.41. The second-order valence-corrected chi connectivity index (χ2v) is 16.1. The summed E-state index contributed by atoms with van der Waals surface area (Å²) in [6, 6.07) is 4.04. The number of nitrogens with zero attached hydrogens (tertiary/aromatic N) is 1. The first-order valence-corrected chi connectivity index (χ1v) is 15.0. The van der Waals surface area contributed by atoms with Crippen molar-refractivity contribution in [3.8, 4) is 5.75 Å². The monoisotopic (exact) mass is 559 g/mol. The van der Waals surface area contributed by atoms with Crippen LogP contribution in [0.1, 0.15) is 98.6 Å². The minimum Gasteiger partial charge on any atom is -0.493 e. The summed E-state index contributed by atoms with van der Waals surface area (Å²) in [4.78, 5) is 4.58. The molecule has 0 saturated carbocycles. The van der Waals surface area contributed by atoms with E-state index in [0.717, 1.165) is 31.7 Å². The van der Waals surface area contributed by atoms with Crippen LogP contribution in [0.3, 0.4) is 0 Å². The van der Waals surface area contributed by atoms with E-state index in [1.165, 1.54) is 6.07 Å². The molecule has 1 heterocycles. The fraction of sp³-hybridized carbons (Fsp3) is 0.690. The molecular weight excluding hydrogens is 514 g/mol. The summed E-state index contributed by atoms with van der Waals surface area (Å²) >= 11 is 0. The molecule has 1 unspecified atom stereocenters. The zero-order chi connectivity index (χ0) is 28.8. The molecule has 0 aliphatic carbocycles. The van der Waals surface area contributed by atoms with Crippen LogP contribution in [0.15, 0.2) is 29.3 Å². The third-order valence-electron chi connectivity index (χ3n) is 6.57. The molecule has 9 heteroatoms. The number of rotatable bonds is 12. The van der Waals surface area contributed by atoms with Crippen LogP contribution >= 0.6 is 7.37 Å². The maximum atomic E-state index is 14.0. The van der Waals surface area contributed by atoms with E-state index in [9.17, 15) is 17.7 Å². The Kier molecular flexibility index (Phi) is 10.7. The molecule has 0 radical (unpaired) electrons. The summed E-state index contributed by atoms with van der Waals surface area (Å²) in [5, 5.41) is -1.22. The van der Waals surface area contributed by atoms with Gasteiger partial charge in [-0.3, -0.25) is 4.57 Å². The van der Waals surface area contributed by atoms with Gasteiger partial charge < -0.3 is 14.0 Å². The van der Waals surface area contributed by atoms with Crippen LogP contribution in [0.4, 0.5) is 13.2 Å². The number of ether oxygens (including phenoxy) is 2. The first kappa shape index (κ1) is 32.4. The summed E-state index contributed by atoms with van der Waals surface area (Å²) in [6.45, 7) is 15.5. The lowest BCUT2D eigenvalue weighted by Crippen LogP contribution is -2.36. The summed E-state index contributed by atoms with van der Waals surface area (Å²) < 4.78 is 72.8. The zero-order valence-electron chi connectivity index (χ0n) is 24.2. The molecule has 0 fully saturated rings. The topological polar surface area (TPSA) is 57.1 Å². The third-order valence-corrected chi connectivity index (χ3v) is 10.6. The first-order chi connectivity index (χ1) is 17.4. The van der Waals surface area contributed by atoms with E-state index in [1.807, 2.05) is 41.5 Å². The summed E-state index contributed by atoms with van der Waals surface area (Å²) in [5.41, 5.74) is -1.46. The lowest BCUT2D eigenvalue weighted by molar-refractivity contribution is -0.139. The maximum Gasteiger partial charge on any atom is 0.419 e. The fourth-order valence-corrected chi connectivity index (χ4v) is 7.74. The van der Waals surface area contributed by atoms with Gasteiger partial charge in [-0.05, 0) is 24.1 Å². The quantitative estimate of drug-likeness (QED) is 0.189. The lowest BCUT2D eigenvalue weighted by atomic mass is 10.0. The smallest absolute Gasteiger partial charge is 0.419 e. The van der Waals surface area contributed by atoms with Crippen LogP contribution in [0, 0.1) is 0 Å². The van der Waals surface area contributed by atoms with Gasteiger partial charge in [-0.2, -0.15) is 13.2 Å². The number of aliphatic imine (C=N–C) groups is 1. The van der Waals surface area contributed by atoms with Crippen molar-refractivity contribution in [3.63, 3.8) is 0 Å². The average Bonchev–Trinajstić information content (AvgIpc) is 3.17. The van der Waals surface area contributed by atoms with Gasteiger partial charge in [0.15, 0.2) is 5.90 Å². The molecule has 0 aromatic heterocycles. The Morgan fingerprint density at radius 3 is 2.21 bits per heavy atom. The minimum absolute atomic E-state index is 0.0159. The van der Waals surface area contributed by atoms with Gasteiger partial charge in [0.05, 0.1) is 18.8 Å². The molecule has 0 N–H and O–H groups in total. The highest BCUT2D eigenvalue weighted by molar-refractivity contribution is 7.62. The van der Waals surface area contributed by atoms with Gasteiger partial charge >= 0.3 is 6.18 Å². The summed E-state index contributed by atoms with van der Waals surface area (Å²) in [7, 11) is -3.18. The van der Waals surface area contributed by atoms with Crippen LogP contribution in [0.25, 0.3) is 6.08 Å². The number of alkyl halides is 3. The SMILES string of the molecule is CCCCCCCOc1ccc(/C=C/C2(COP(=O)(C(C)(C)C)C(C)(C)C)COC(C)=N2)cc1C(F)(F)F. The molecular formula is C29H45F3NO4P. The van der Waals surface area contributed by atoms with E-state index in [1.54, 1.807) is 25.1 Å². The van der Waals surface area contributed by atoms with Crippen molar-refractivity contribution in [2.24, 2.45) is 4.99 Å². The number of hydrogen-bond acceptors (Lipinski definition) is 5. The van der Waals surface area contributed by atoms with E-state index < -0.39 is 35.0 Å².